The van der Waals surface area contributed by atoms with Crippen LogP contribution in [0.2, 0.25) is 0 Å². The summed E-state index contributed by atoms with van der Waals surface area (Å²) in [6.45, 7) is 4.77. The highest BCUT2D eigenvalue weighted by molar-refractivity contribution is 7.77. The number of rotatable bonds is 10. The molecule has 0 aromatic heterocycles. The molecule has 0 aromatic carbocycles. The maximum absolute atomic E-state index is 2.39. The Balaban J connectivity index is 2.13. The van der Waals surface area contributed by atoms with Gasteiger partial charge in [0.15, 0.2) is 0 Å². The number of hydrogen-bond donors (Lipinski definition) is 0. The van der Waals surface area contributed by atoms with Crippen LogP contribution in [0.5, 0.6) is 0 Å². The lowest BCUT2D eigenvalue weighted by Crippen LogP contribution is -2.32. The van der Waals surface area contributed by atoms with Gasteiger partial charge < -0.3 is 0 Å². The maximum atomic E-state index is 2.39. The molecule has 0 aliphatic heterocycles. The van der Waals surface area contributed by atoms with E-state index in [-0.39, 0.29) is 0 Å². The van der Waals surface area contributed by atoms with E-state index in [1.807, 2.05) is 0 Å². The summed E-state index contributed by atoms with van der Waals surface area (Å²) >= 11 is 0. The molecule has 0 N–H and O–H groups in total. The third kappa shape index (κ3) is 5.73. The van der Waals surface area contributed by atoms with Crippen molar-refractivity contribution >= 4 is 7.26 Å². The SMILES string of the molecule is CCCCC[P+](CCCCC)(C1CCCCC1)C1CCCCC1. The first kappa shape index (κ1) is 19.8. The van der Waals surface area contributed by atoms with Crippen LogP contribution in [0.1, 0.15) is 117 Å². The molecular weight excluding hydrogens is 295 g/mol. The van der Waals surface area contributed by atoms with Crippen LogP contribution in [0.4, 0.5) is 0 Å². The Morgan fingerprint density at radius 1 is 0.565 bits per heavy atom. The van der Waals surface area contributed by atoms with Gasteiger partial charge in [-0.1, -0.05) is 52.4 Å². The lowest BCUT2D eigenvalue weighted by molar-refractivity contribution is 0.475. The Morgan fingerprint density at radius 3 is 1.30 bits per heavy atom. The molecule has 2 saturated carbocycles. The van der Waals surface area contributed by atoms with Crippen LogP contribution in [0.25, 0.3) is 0 Å². The second-order valence-electron chi connectivity index (χ2n) is 8.55. The summed E-state index contributed by atoms with van der Waals surface area (Å²) in [5.74, 6) is 0. The third-order valence-electron chi connectivity index (χ3n) is 6.96. The van der Waals surface area contributed by atoms with Gasteiger partial charge >= 0.3 is 0 Å². The van der Waals surface area contributed by atoms with Crippen LogP contribution in [-0.2, 0) is 0 Å². The van der Waals surface area contributed by atoms with Crippen LogP contribution >= 0.6 is 7.26 Å². The average molecular weight is 340 g/mol. The Morgan fingerprint density at radius 2 is 0.957 bits per heavy atom. The molecule has 2 aliphatic rings. The Bertz CT molecular complexity index is 256. The standard InChI is InChI=1S/C22H44P/c1-3-5-13-19-23(20-14-6-4-2,21-15-9-7-10-16-21)22-17-11-8-12-18-22/h21-22H,3-20H2,1-2H3/q+1. The van der Waals surface area contributed by atoms with Gasteiger partial charge in [-0.05, 0) is 64.2 Å². The summed E-state index contributed by atoms with van der Waals surface area (Å²) in [6.07, 6.45) is 28.0. The summed E-state index contributed by atoms with van der Waals surface area (Å²) in [7, 11) is -0.706. The van der Waals surface area contributed by atoms with Crippen molar-refractivity contribution in [1.82, 2.24) is 0 Å². The van der Waals surface area contributed by atoms with Gasteiger partial charge in [0.2, 0.25) is 0 Å². The fraction of sp³-hybridized carbons (Fsp3) is 1.00. The van der Waals surface area contributed by atoms with Crippen LogP contribution in [0.15, 0.2) is 0 Å². The van der Waals surface area contributed by atoms with Gasteiger partial charge in [-0.25, -0.2) is 0 Å². The minimum absolute atomic E-state index is 0.706. The minimum atomic E-state index is -0.706. The van der Waals surface area contributed by atoms with Crippen LogP contribution < -0.4 is 0 Å². The van der Waals surface area contributed by atoms with E-state index in [1.54, 1.807) is 76.5 Å². The fourth-order valence-electron chi connectivity index (χ4n) is 5.64. The van der Waals surface area contributed by atoms with E-state index < -0.39 is 7.26 Å². The molecule has 2 rings (SSSR count). The van der Waals surface area contributed by atoms with E-state index in [0.717, 1.165) is 0 Å². The normalized spacial score (nSPS) is 21.7. The second kappa shape index (κ2) is 11.1. The van der Waals surface area contributed by atoms with Gasteiger partial charge in [0.1, 0.15) is 0 Å². The highest BCUT2D eigenvalue weighted by Crippen LogP contribution is 2.73. The van der Waals surface area contributed by atoms with E-state index in [1.165, 1.54) is 49.8 Å². The molecule has 0 atom stereocenters. The zero-order chi connectivity index (χ0) is 16.4. The second-order valence-corrected chi connectivity index (χ2v) is 13.1. The summed E-state index contributed by atoms with van der Waals surface area (Å²) < 4.78 is 0. The number of unbranched alkanes of at least 4 members (excludes halogenated alkanes) is 4. The molecule has 0 radical (unpaired) electrons. The van der Waals surface area contributed by atoms with Crippen LogP contribution in [0, 0.1) is 0 Å². The van der Waals surface area contributed by atoms with Crippen molar-refractivity contribution in [2.75, 3.05) is 12.3 Å². The predicted octanol–water partition coefficient (Wildman–Crippen LogP) is 8.05. The maximum Gasteiger partial charge on any atom is 0.0700 e. The topological polar surface area (TPSA) is 0 Å². The Kier molecular flexibility index (Phi) is 9.55. The average Bonchev–Trinajstić information content (AvgIpc) is 2.62. The van der Waals surface area contributed by atoms with E-state index in [2.05, 4.69) is 13.8 Å². The van der Waals surface area contributed by atoms with Gasteiger partial charge in [0, 0.05) is 7.26 Å². The molecule has 2 fully saturated rings. The molecule has 0 aromatic rings. The monoisotopic (exact) mass is 339 g/mol. The van der Waals surface area contributed by atoms with Crippen molar-refractivity contribution in [3.05, 3.63) is 0 Å². The highest BCUT2D eigenvalue weighted by Gasteiger charge is 2.50. The summed E-state index contributed by atoms with van der Waals surface area (Å²) in [4.78, 5) is 0. The fourth-order valence-corrected chi connectivity index (χ4v) is 12.3. The molecule has 0 heterocycles. The van der Waals surface area contributed by atoms with Crippen molar-refractivity contribution in [2.45, 2.75) is 128 Å². The molecule has 136 valence electrons. The lowest BCUT2D eigenvalue weighted by atomic mass is 9.99. The first-order chi connectivity index (χ1) is 11.3. The summed E-state index contributed by atoms with van der Waals surface area (Å²) in [6, 6.07) is 0. The molecular formula is C22H44P+. The zero-order valence-corrected chi connectivity index (χ0v) is 17.2. The first-order valence-electron chi connectivity index (χ1n) is 11.2. The first-order valence-corrected chi connectivity index (χ1v) is 13.5. The summed E-state index contributed by atoms with van der Waals surface area (Å²) in [5.41, 5.74) is 2.38. The third-order valence-corrected chi connectivity index (χ3v) is 13.2. The molecule has 0 bridgehead atoms. The van der Waals surface area contributed by atoms with Crippen molar-refractivity contribution < 1.29 is 0 Å². The van der Waals surface area contributed by atoms with Crippen molar-refractivity contribution in [2.24, 2.45) is 0 Å². The van der Waals surface area contributed by atoms with E-state index in [9.17, 15) is 0 Å². The van der Waals surface area contributed by atoms with Gasteiger partial charge in [0.25, 0.3) is 0 Å². The molecule has 2 aliphatic carbocycles. The molecule has 0 nitrogen and oxygen atoms in total. The lowest BCUT2D eigenvalue weighted by Gasteiger charge is -2.44. The van der Waals surface area contributed by atoms with Crippen molar-refractivity contribution in [3.63, 3.8) is 0 Å². The molecule has 0 spiro atoms. The van der Waals surface area contributed by atoms with Crippen molar-refractivity contribution in [1.29, 1.82) is 0 Å². The minimum Gasteiger partial charge on any atom is -0.0654 e. The smallest absolute Gasteiger partial charge is 0.0654 e. The predicted molar refractivity (Wildman–Crippen MR) is 109 cm³/mol. The van der Waals surface area contributed by atoms with Gasteiger partial charge in [-0.15, -0.1) is 0 Å². The molecule has 0 unspecified atom stereocenters. The van der Waals surface area contributed by atoms with Crippen LogP contribution in [-0.4, -0.2) is 23.6 Å². The largest absolute Gasteiger partial charge is 0.0700 e. The molecule has 0 saturated heterocycles. The summed E-state index contributed by atoms with van der Waals surface area (Å²) in [5, 5.41) is 0. The van der Waals surface area contributed by atoms with Gasteiger partial charge in [-0.2, -0.15) is 0 Å². The molecule has 0 amide bonds. The highest BCUT2D eigenvalue weighted by atomic mass is 31.2. The van der Waals surface area contributed by atoms with Gasteiger partial charge in [0.05, 0.1) is 23.6 Å². The number of hydrogen-bond acceptors (Lipinski definition) is 0. The van der Waals surface area contributed by atoms with E-state index in [4.69, 9.17) is 0 Å². The van der Waals surface area contributed by atoms with E-state index >= 15 is 0 Å². The van der Waals surface area contributed by atoms with Crippen molar-refractivity contribution in [3.8, 4) is 0 Å². The van der Waals surface area contributed by atoms with Gasteiger partial charge in [-0.3, -0.25) is 0 Å². The Labute approximate surface area is 147 Å². The molecule has 1 heteroatoms. The van der Waals surface area contributed by atoms with Crippen LogP contribution in [0.3, 0.4) is 0 Å². The Hall–Kier alpha value is 0.430. The van der Waals surface area contributed by atoms with E-state index in [0.29, 0.717) is 0 Å². The zero-order valence-electron chi connectivity index (χ0n) is 16.3. The molecule has 23 heavy (non-hydrogen) atoms. The quantitative estimate of drug-likeness (QED) is 0.279.